The molecule has 1 N–H and O–H groups in total. The predicted molar refractivity (Wildman–Crippen MR) is 87.7 cm³/mol. The second kappa shape index (κ2) is 9.13. The maximum atomic E-state index is 5.75. The minimum absolute atomic E-state index is 0.355. The quantitative estimate of drug-likeness (QED) is 0.736. The largest absolute Gasteiger partial charge is 0.491 e. The van der Waals surface area contributed by atoms with Gasteiger partial charge in [-0.25, -0.2) is 0 Å². The van der Waals surface area contributed by atoms with Crippen LogP contribution in [0.1, 0.15) is 26.3 Å². The molecule has 0 aliphatic carbocycles. The number of hydrogen-bond acceptors (Lipinski definition) is 3. The van der Waals surface area contributed by atoms with E-state index in [0.29, 0.717) is 25.4 Å². The molecule has 0 unspecified atom stereocenters. The van der Waals surface area contributed by atoms with Crippen molar-refractivity contribution in [3.63, 3.8) is 0 Å². The van der Waals surface area contributed by atoms with E-state index in [1.807, 2.05) is 12.1 Å². The van der Waals surface area contributed by atoms with Gasteiger partial charge in [0.25, 0.3) is 0 Å². The van der Waals surface area contributed by atoms with Gasteiger partial charge < -0.3 is 19.1 Å². The summed E-state index contributed by atoms with van der Waals surface area (Å²) < 4.78 is 17.2. The smallest absolute Gasteiger partial charge is 0.119 e. The van der Waals surface area contributed by atoms with E-state index in [1.165, 1.54) is 5.56 Å². The normalized spacial score (nSPS) is 25.1. The Morgan fingerprint density at radius 3 is 2.64 bits per heavy atom. The molecule has 4 nitrogen and oxygen atoms in total. The molecule has 4 heteroatoms. The molecule has 0 bridgehead atoms. The minimum Gasteiger partial charge on any atom is -0.491 e. The fraction of sp³-hybridized carbons (Fsp3) is 0.667. The first-order chi connectivity index (χ1) is 10.7. The summed E-state index contributed by atoms with van der Waals surface area (Å²) in [7, 11) is 0. The van der Waals surface area contributed by atoms with Crippen molar-refractivity contribution < 1.29 is 19.1 Å². The summed E-state index contributed by atoms with van der Waals surface area (Å²) >= 11 is 0. The molecule has 1 heterocycles. The number of quaternary nitrogens is 1. The lowest BCUT2D eigenvalue weighted by molar-refractivity contribution is -0.915. The van der Waals surface area contributed by atoms with Gasteiger partial charge in [0.2, 0.25) is 0 Å². The second-order valence-corrected chi connectivity index (χ2v) is 6.13. The van der Waals surface area contributed by atoms with Crippen LogP contribution < -0.4 is 9.64 Å². The molecular formula is C18H30NO3+. The first kappa shape index (κ1) is 17.3. The average molecular weight is 308 g/mol. The Bertz CT molecular complexity index is 428. The van der Waals surface area contributed by atoms with Crippen molar-refractivity contribution in [2.45, 2.75) is 39.4 Å². The Morgan fingerprint density at radius 1 is 1.14 bits per heavy atom. The topological polar surface area (TPSA) is 32.1 Å². The highest BCUT2D eigenvalue weighted by atomic mass is 16.5. The van der Waals surface area contributed by atoms with E-state index in [9.17, 15) is 0 Å². The van der Waals surface area contributed by atoms with Crippen molar-refractivity contribution in [1.29, 1.82) is 0 Å². The molecule has 0 radical (unpaired) electrons. The fourth-order valence-corrected chi connectivity index (χ4v) is 2.99. The molecule has 0 aromatic heterocycles. The molecule has 0 saturated carbocycles. The first-order valence-corrected chi connectivity index (χ1v) is 8.46. The number of rotatable bonds is 8. The number of aryl methyl sites for hydroxylation is 1. The van der Waals surface area contributed by atoms with E-state index < -0.39 is 0 Å². The van der Waals surface area contributed by atoms with Crippen LogP contribution in [0.3, 0.4) is 0 Å². The van der Waals surface area contributed by atoms with Gasteiger partial charge >= 0.3 is 0 Å². The van der Waals surface area contributed by atoms with E-state index in [2.05, 4.69) is 32.9 Å². The zero-order valence-corrected chi connectivity index (χ0v) is 14.1. The van der Waals surface area contributed by atoms with Gasteiger partial charge in [-0.05, 0) is 38.0 Å². The zero-order valence-electron chi connectivity index (χ0n) is 14.1. The average Bonchev–Trinajstić information content (AvgIpc) is 2.50. The van der Waals surface area contributed by atoms with Crippen LogP contribution in [0.25, 0.3) is 0 Å². The van der Waals surface area contributed by atoms with Crippen LogP contribution in [0.5, 0.6) is 5.75 Å². The van der Waals surface area contributed by atoms with Crippen molar-refractivity contribution in [2.75, 3.05) is 39.5 Å². The summed E-state index contributed by atoms with van der Waals surface area (Å²) in [6.07, 6.45) is 1.74. The molecule has 2 rings (SSSR count). The molecule has 1 aliphatic rings. The molecule has 0 spiro atoms. The number of ether oxygens (including phenoxy) is 3. The summed E-state index contributed by atoms with van der Waals surface area (Å²) in [6.45, 7) is 11.7. The summed E-state index contributed by atoms with van der Waals surface area (Å²) in [5, 5.41) is 0. The van der Waals surface area contributed by atoms with Gasteiger partial charge in [0.1, 0.15) is 44.2 Å². The van der Waals surface area contributed by atoms with Crippen molar-refractivity contribution in [3.05, 3.63) is 29.8 Å². The monoisotopic (exact) mass is 308 g/mol. The van der Waals surface area contributed by atoms with Gasteiger partial charge in [-0.15, -0.1) is 0 Å². The molecule has 22 heavy (non-hydrogen) atoms. The highest BCUT2D eigenvalue weighted by Gasteiger charge is 2.24. The Labute approximate surface area is 134 Å². The lowest BCUT2D eigenvalue weighted by atomic mass is 10.2. The Morgan fingerprint density at radius 2 is 1.91 bits per heavy atom. The van der Waals surface area contributed by atoms with E-state index in [1.54, 1.807) is 4.90 Å². The van der Waals surface area contributed by atoms with Crippen LogP contribution in [0.15, 0.2) is 24.3 Å². The third-order valence-corrected chi connectivity index (χ3v) is 4.02. The molecule has 1 aromatic rings. The SMILES string of the molecule is CCc1cccc(OCCOCC[NH+]2C[C@@H](C)O[C@H](C)C2)c1. The van der Waals surface area contributed by atoms with E-state index >= 15 is 0 Å². The van der Waals surface area contributed by atoms with Gasteiger partial charge in [0, 0.05) is 0 Å². The fourth-order valence-electron chi connectivity index (χ4n) is 2.99. The molecule has 1 aliphatic heterocycles. The summed E-state index contributed by atoms with van der Waals surface area (Å²) in [5.74, 6) is 0.935. The van der Waals surface area contributed by atoms with E-state index in [-0.39, 0.29) is 0 Å². The highest BCUT2D eigenvalue weighted by molar-refractivity contribution is 5.28. The summed E-state index contributed by atoms with van der Waals surface area (Å²) in [6, 6.07) is 8.26. The van der Waals surface area contributed by atoms with Crippen molar-refractivity contribution in [1.82, 2.24) is 0 Å². The number of nitrogens with one attached hydrogen (secondary N) is 1. The number of hydrogen-bond donors (Lipinski definition) is 1. The van der Waals surface area contributed by atoms with Crippen molar-refractivity contribution in [2.24, 2.45) is 0 Å². The van der Waals surface area contributed by atoms with E-state index in [0.717, 1.165) is 38.4 Å². The Hall–Kier alpha value is -1.10. The van der Waals surface area contributed by atoms with Crippen molar-refractivity contribution >= 4 is 0 Å². The standard InChI is InChI=1S/C18H29NO3/c1-4-17-6-5-7-18(12-17)21-11-10-20-9-8-19-13-15(2)22-16(3)14-19/h5-7,12,15-16H,4,8-11,13-14H2,1-3H3/p+1/t15-,16-/m1/s1. The van der Waals surface area contributed by atoms with Crippen LogP contribution in [-0.2, 0) is 15.9 Å². The molecular weight excluding hydrogens is 278 g/mol. The minimum atomic E-state index is 0.355. The van der Waals surface area contributed by atoms with Gasteiger partial charge in [-0.3, -0.25) is 0 Å². The number of benzene rings is 1. The summed E-state index contributed by atoms with van der Waals surface area (Å²) in [4.78, 5) is 1.57. The highest BCUT2D eigenvalue weighted by Crippen LogP contribution is 2.13. The summed E-state index contributed by atoms with van der Waals surface area (Å²) in [5.41, 5.74) is 1.30. The Balaban J connectivity index is 1.55. The maximum Gasteiger partial charge on any atom is 0.119 e. The lowest BCUT2D eigenvalue weighted by Gasteiger charge is -2.32. The second-order valence-electron chi connectivity index (χ2n) is 6.13. The molecule has 1 aromatic carbocycles. The molecule has 2 atom stereocenters. The third-order valence-electron chi connectivity index (χ3n) is 4.02. The van der Waals surface area contributed by atoms with Crippen LogP contribution in [0, 0.1) is 0 Å². The predicted octanol–water partition coefficient (Wildman–Crippen LogP) is 1.34. The first-order valence-electron chi connectivity index (χ1n) is 8.46. The maximum absolute atomic E-state index is 5.75. The van der Waals surface area contributed by atoms with Crippen LogP contribution in [-0.4, -0.2) is 51.7 Å². The van der Waals surface area contributed by atoms with Crippen LogP contribution in [0.2, 0.25) is 0 Å². The zero-order chi connectivity index (χ0) is 15.8. The molecule has 1 fully saturated rings. The number of morpholine rings is 1. The van der Waals surface area contributed by atoms with Crippen LogP contribution >= 0.6 is 0 Å². The van der Waals surface area contributed by atoms with Gasteiger partial charge in [0.15, 0.2) is 0 Å². The van der Waals surface area contributed by atoms with Gasteiger partial charge in [-0.2, -0.15) is 0 Å². The van der Waals surface area contributed by atoms with Crippen LogP contribution in [0.4, 0.5) is 0 Å². The lowest BCUT2D eigenvalue weighted by Crippen LogP contribution is -3.15. The van der Waals surface area contributed by atoms with Crippen molar-refractivity contribution in [3.8, 4) is 5.75 Å². The molecule has 0 amide bonds. The third kappa shape index (κ3) is 5.95. The van der Waals surface area contributed by atoms with Gasteiger partial charge in [0.05, 0.1) is 13.2 Å². The van der Waals surface area contributed by atoms with Gasteiger partial charge in [-0.1, -0.05) is 19.1 Å². The Kier molecular flexibility index (Phi) is 7.16. The molecule has 124 valence electrons. The molecule has 1 saturated heterocycles. The van der Waals surface area contributed by atoms with E-state index in [4.69, 9.17) is 14.2 Å².